The van der Waals surface area contributed by atoms with E-state index < -0.39 is 12.1 Å². The average Bonchev–Trinajstić information content (AvgIpc) is 3.27. The Balaban J connectivity index is 1.35. The number of piperazine rings is 1. The highest BCUT2D eigenvalue weighted by Crippen LogP contribution is 2.34. The van der Waals surface area contributed by atoms with E-state index in [1.165, 1.54) is 21.4 Å². The number of hydrogen-bond acceptors (Lipinski definition) is 8. The highest BCUT2D eigenvalue weighted by Gasteiger charge is 2.33. The number of nitriles is 1. The molecular weight excluding hydrogens is 518 g/mol. The smallest absolute Gasteiger partial charge is 0.407 e. The van der Waals surface area contributed by atoms with Crippen LogP contribution < -0.4 is 14.5 Å². The number of ether oxygens (including phenoxy) is 1. The van der Waals surface area contributed by atoms with Crippen LogP contribution in [0.4, 0.5) is 16.3 Å². The van der Waals surface area contributed by atoms with Crippen LogP contribution in [-0.4, -0.2) is 89.4 Å². The molecule has 41 heavy (non-hydrogen) atoms. The van der Waals surface area contributed by atoms with E-state index in [0.717, 1.165) is 55.8 Å². The minimum atomic E-state index is -0.984. The standard InChI is InChI=1S/C31H37N7O3/c1-35-15-5-9-24(35)21-41-30-33-27-20-36(28-12-4-8-22-7-2-3-10-25(22)28)16-6-11-26(27)29(34-30)37-17-18-38(31(39)40)23(19-37)13-14-32/h2-4,7-8,10,12,23-24H,5-6,9,11,13,15-21H2,1H3,(H,39,40)/t23-,24-/m0/s1. The molecule has 3 aromatic rings. The average molecular weight is 556 g/mol. The number of aromatic nitrogens is 2. The van der Waals surface area contributed by atoms with Crippen molar-refractivity contribution in [1.82, 2.24) is 19.8 Å². The summed E-state index contributed by atoms with van der Waals surface area (Å²) in [5.74, 6) is 0.817. The van der Waals surface area contributed by atoms with E-state index in [1.807, 2.05) is 0 Å². The molecule has 2 aromatic carbocycles. The van der Waals surface area contributed by atoms with Gasteiger partial charge in [-0.25, -0.2) is 4.79 Å². The number of carbonyl (C=O) groups is 1. The maximum absolute atomic E-state index is 11.9. The van der Waals surface area contributed by atoms with Gasteiger partial charge in [-0.2, -0.15) is 15.2 Å². The zero-order valence-electron chi connectivity index (χ0n) is 23.6. The van der Waals surface area contributed by atoms with Crippen LogP contribution in [0.5, 0.6) is 6.01 Å². The Morgan fingerprint density at radius 2 is 1.90 bits per heavy atom. The molecule has 0 spiro atoms. The Morgan fingerprint density at radius 3 is 2.71 bits per heavy atom. The van der Waals surface area contributed by atoms with Crippen molar-refractivity contribution in [3.05, 3.63) is 53.7 Å². The number of anilines is 2. The number of rotatable bonds is 6. The number of nitrogens with zero attached hydrogens (tertiary/aromatic N) is 7. The third kappa shape index (κ3) is 5.59. The van der Waals surface area contributed by atoms with Crippen LogP contribution in [-0.2, 0) is 13.0 Å². The SMILES string of the molecule is CN1CCC[C@H]1COc1nc2c(c(N3CCN(C(=O)O)[C@@H](CC#N)C3)n1)CCCN(c1cccc3ccccc13)C2. The first-order valence-electron chi connectivity index (χ1n) is 14.6. The number of fused-ring (bicyclic) bond motifs is 2. The zero-order chi connectivity index (χ0) is 28.3. The van der Waals surface area contributed by atoms with Gasteiger partial charge < -0.3 is 29.4 Å². The van der Waals surface area contributed by atoms with E-state index in [4.69, 9.17) is 14.7 Å². The molecule has 10 heteroatoms. The van der Waals surface area contributed by atoms with Crippen LogP contribution in [0.3, 0.4) is 0 Å². The lowest BCUT2D eigenvalue weighted by Gasteiger charge is -2.40. The van der Waals surface area contributed by atoms with Crippen molar-refractivity contribution in [2.45, 2.75) is 50.7 Å². The van der Waals surface area contributed by atoms with E-state index in [9.17, 15) is 15.2 Å². The van der Waals surface area contributed by atoms with Crippen LogP contribution in [0, 0.1) is 11.3 Å². The Hall–Kier alpha value is -4.10. The van der Waals surface area contributed by atoms with Gasteiger partial charge in [-0.15, -0.1) is 0 Å². The number of carboxylic acid groups (broad SMARTS) is 1. The van der Waals surface area contributed by atoms with Crippen molar-refractivity contribution in [2.75, 3.05) is 56.2 Å². The second-order valence-corrected chi connectivity index (χ2v) is 11.3. The highest BCUT2D eigenvalue weighted by molar-refractivity contribution is 5.94. The first-order chi connectivity index (χ1) is 20.0. The van der Waals surface area contributed by atoms with Gasteiger partial charge >= 0.3 is 12.1 Å². The van der Waals surface area contributed by atoms with E-state index >= 15 is 0 Å². The Bertz CT molecular complexity index is 1450. The summed E-state index contributed by atoms with van der Waals surface area (Å²) in [6, 6.07) is 17.4. The molecule has 2 saturated heterocycles. The summed E-state index contributed by atoms with van der Waals surface area (Å²) >= 11 is 0. The first-order valence-corrected chi connectivity index (χ1v) is 14.6. The summed E-state index contributed by atoms with van der Waals surface area (Å²) in [7, 11) is 2.13. The van der Waals surface area contributed by atoms with Gasteiger partial charge in [-0.1, -0.05) is 36.4 Å². The van der Waals surface area contributed by atoms with Gasteiger partial charge in [0.15, 0.2) is 0 Å². The Kier molecular flexibility index (Phi) is 7.79. The van der Waals surface area contributed by atoms with Crippen LogP contribution in [0.1, 0.15) is 36.9 Å². The van der Waals surface area contributed by atoms with Crippen molar-refractivity contribution in [3.63, 3.8) is 0 Å². The molecule has 10 nitrogen and oxygen atoms in total. The van der Waals surface area contributed by atoms with Crippen LogP contribution in [0.2, 0.25) is 0 Å². The first kappa shape index (κ1) is 27.1. The summed E-state index contributed by atoms with van der Waals surface area (Å²) in [5.41, 5.74) is 3.24. The number of likely N-dealkylation sites (N-methyl/N-ethyl adjacent to an activating group) is 1. The van der Waals surface area contributed by atoms with Crippen molar-refractivity contribution >= 4 is 28.4 Å². The van der Waals surface area contributed by atoms with Gasteiger partial charge in [0.05, 0.1) is 30.8 Å². The molecule has 3 aliphatic heterocycles. The minimum absolute atomic E-state index is 0.141. The molecule has 3 aliphatic rings. The van der Waals surface area contributed by atoms with Gasteiger partial charge in [0.25, 0.3) is 0 Å². The molecule has 6 rings (SSSR count). The van der Waals surface area contributed by atoms with E-state index in [-0.39, 0.29) is 6.42 Å². The predicted octanol–water partition coefficient (Wildman–Crippen LogP) is 4.14. The van der Waals surface area contributed by atoms with Gasteiger partial charge in [-0.3, -0.25) is 0 Å². The third-order valence-electron chi connectivity index (χ3n) is 8.78. The molecule has 0 radical (unpaired) electrons. The highest BCUT2D eigenvalue weighted by atomic mass is 16.5. The predicted molar refractivity (Wildman–Crippen MR) is 157 cm³/mol. The van der Waals surface area contributed by atoms with E-state index in [0.29, 0.717) is 44.8 Å². The second kappa shape index (κ2) is 11.8. The van der Waals surface area contributed by atoms with E-state index in [2.05, 4.69) is 70.3 Å². The number of likely N-dealkylation sites (tertiary alicyclic amines) is 1. The number of amides is 1. The number of hydrogen-bond donors (Lipinski definition) is 1. The molecule has 0 saturated carbocycles. The lowest BCUT2D eigenvalue weighted by molar-refractivity contribution is 0.119. The van der Waals surface area contributed by atoms with E-state index in [1.54, 1.807) is 0 Å². The topological polar surface area (TPSA) is 109 Å². The molecule has 0 bridgehead atoms. The third-order valence-corrected chi connectivity index (χ3v) is 8.78. The molecule has 214 valence electrons. The maximum Gasteiger partial charge on any atom is 0.407 e. The Labute approximate surface area is 240 Å². The molecule has 0 unspecified atom stereocenters. The van der Waals surface area contributed by atoms with Crippen LogP contribution in [0.25, 0.3) is 10.8 Å². The molecule has 0 aliphatic carbocycles. The summed E-state index contributed by atoms with van der Waals surface area (Å²) in [6.07, 6.45) is 3.17. The largest absolute Gasteiger partial charge is 0.465 e. The lowest BCUT2D eigenvalue weighted by atomic mass is 10.1. The quantitative estimate of drug-likeness (QED) is 0.480. The maximum atomic E-state index is 11.9. The number of benzene rings is 2. The van der Waals surface area contributed by atoms with Crippen LogP contribution >= 0.6 is 0 Å². The van der Waals surface area contributed by atoms with Crippen molar-refractivity contribution in [1.29, 1.82) is 5.26 Å². The summed E-state index contributed by atoms with van der Waals surface area (Å²) in [4.78, 5) is 30.1. The lowest BCUT2D eigenvalue weighted by Crippen LogP contribution is -2.55. The van der Waals surface area contributed by atoms with Gasteiger partial charge in [-0.05, 0) is 50.7 Å². The van der Waals surface area contributed by atoms with Crippen LogP contribution in [0.15, 0.2) is 42.5 Å². The monoisotopic (exact) mass is 555 g/mol. The second-order valence-electron chi connectivity index (χ2n) is 11.3. The fourth-order valence-electron chi connectivity index (χ4n) is 6.54. The fourth-order valence-corrected chi connectivity index (χ4v) is 6.54. The normalized spacial score (nSPS) is 21.4. The van der Waals surface area contributed by atoms with Crippen molar-refractivity contribution in [3.8, 4) is 12.1 Å². The molecule has 2 atom stereocenters. The molecule has 4 heterocycles. The molecular formula is C31H37N7O3. The molecule has 1 N–H and O–H groups in total. The fraction of sp³-hybridized carbons (Fsp3) is 0.484. The molecule has 1 aromatic heterocycles. The minimum Gasteiger partial charge on any atom is -0.465 e. The van der Waals surface area contributed by atoms with Gasteiger partial charge in [0.2, 0.25) is 0 Å². The summed E-state index contributed by atoms with van der Waals surface area (Å²) in [6.45, 7) is 4.37. The molecule has 1 amide bonds. The summed E-state index contributed by atoms with van der Waals surface area (Å²) in [5, 5.41) is 21.6. The van der Waals surface area contributed by atoms with Gasteiger partial charge in [0.1, 0.15) is 12.4 Å². The van der Waals surface area contributed by atoms with Crippen molar-refractivity contribution < 1.29 is 14.6 Å². The van der Waals surface area contributed by atoms with Crippen molar-refractivity contribution in [2.24, 2.45) is 0 Å². The molecule has 2 fully saturated rings. The zero-order valence-corrected chi connectivity index (χ0v) is 23.6. The van der Waals surface area contributed by atoms with Gasteiger partial charge in [0, 0.05) is 48.9 Å². The summed E-state index contributed by atoms with van der Waals surface area (Å²) < 4.78 is 6.28. The Morgan fingerprint density at radius 1 is 1.05 bits per heavy atom.